The first-order valence-corrected chi connectivity index (χ1v) is 11.1. The quantitative estimate of drug-likeness (QED) is 0.308. The molecule has 2 rings (SSSR count). The van der Waals surface area contributed by atoms with Crippen molar-refractivity contribution < 1.29 is 14.2 Å². The molecule has 7 heteroatoms. The summed E-state index contributed by atoms with van der Waals surface area (Å²) in [6.07, 6.45) is 2.10. The molecule has 1 atom stereocenters. The number of rotatable bonds is 12. The Morgan fingerprint density at radius 1 is 1.17 bits per heavy atom. The van der Waals surface area contributed by atoms with Crippen molar-refractivity contribution in [3.05, 3.63) is 29.8 Å². The fourth-order valence-corrected chi connectivity index (χ4v) is 3.58. The maximum Gasteiger partial charge on any atom is 0.191 e. The molecular weight excluding hydrogens is 380 g/mol. The fraction of sp³-hybridized carbons (Fsp3) is 0.696. The zero-order chi connectivity index (χ0) is 21.6. The average Bonchev–Trinajstić information content (AvgIpc) is 2.78. The highest BCUT2D eigenvalue weighted by Crippen LogP contribution is 2.13. The molecule has 0 saturated carbocycles. The third-order valence-corrected chi connectivity index (χ3v) is 5.22. The number of hydrogen-bond acceptors (Lipinski definition) is 5. The van der Waals surface area contributed by atoms with Gasteiger partial charge in [0, 0.05) is 45.9 Å². The topological polar surface area (TPSA) is 67.4 Å². The summed E-state index contributed by atoms with van der Waals surface area (Å²) in [6.45, 7) is 11.3. The summed E-state index contributed by atoms with van der Waals surface area (Å²) >= 11 is 0. The third-order valence-electron chi connectivity index (χ3n) is 5.22. The average molecular weight is 421 g/mol. The largest absolute Gasteiger partial charge is 0.497 e. The van der Waals surface area contributed by atoms with Crippen LogP contribution in [0.4, 0.5) is 0 Å². The van der Waals surface area contributed by atoms with E-state index in [1.807, 2.05) is 31.3 Å². The van der Waals surface area contributed by atoms with Crippen molar-refractivity contribution in [1.82, 2.24) is 15.5 Å². The summed E-state index contributed by atoms with van der Waals surface area (Å²) in [5.41, 5.74) is 1.15. The van der Waals surface area contributed by atoms with Crippen LogP contribution in [0.3, 0.4) is 0 Å². The normalized spacial score (nSPS) is 16.5. The SMILES string of the molecule is CN=C(NCCCOCc1ccc(OC)cc1)NCC(CC(C)C)N1CCOCC1. The van der Waals surface area contributed by atoms with E-state index >= 15 is 0 Å². The van der Waals surface area contributed by atoms with Gasteiger partial charge in [-0.2, -0.15) is 0 Å². The van der Waals surface area contributed by atoms with Crippen molar-refractivity contribution in [2.24, 2.45) is 10.9 Å². The Labute approximate surface area is 182 Å². The van der Waals surface area contributed by atoms with Gasteiger partial charge in [0.05, 0.1) is 26.9 Å². The van der Waals surface area contributed by atoms with Crippen molar-refractivity contribution in [3.63, 3.8) is 0 Å². The van der Waals surface area contributed by atoms with Crippen molar-refractivity contribution in [3.8, 4) is 5.75 Å². The molecule has 1 aromatic carbocycles. The number of nitrogens with zero attached hydrogens (tertiary/aromatic N) is 2. The lowest BCUT2D eigenvalue weighted by Gasteiger charge is -2.35. The van der Waals surface area contributed by atoms with Crippen LogP contribution in [0.1, 0.15) is 32.3 Å². The maximum absolute atomic E-state index is 5.77. The monoisotopic (exact) mass is 420 g/mol. The number of nitrogens with one attached hydrogen (secondary N) is 2. The standard InChI is InChI=1S/C23H40N4O3/c1-19(2)16-21(27-11-14-29-15-12-27)17-26-23(24-3)25-10-5-13-30-18-20-6-8-22(28-4)9-7-20/h6-9,19,21H,5,10-18H2,1-4H3,(H2,24,25,26). The van der Waals surface area contributed by atoms with Crippen molar-refractivity contribution in [1.29, 1.82) is 0 Å². The van der Waals surface area contributed by atoms with Crippen molar-refractivity contribution in [2.75, 3.05) is 60.2 Å². The highest BCUT2D eigenvalue weighted by Gasteiger charge is 2.22. The summed E-state index contributed by atoms with van der Waals surface area (Å²) in [4.78, 5) is 6.90. The molecule has 170 valence electrons. The van der Waals surface area contributed by atoms with Crippen molar-refractivity contribution in [2.45, 2.75) is 39.3 Å². The van der Waals surface area contributed by atoms with Crippen LogP contribution >= 0.6 is 0 Å². The maximum atomic E-state index is 5.77. The molecule has 2 N–H and O–H groups in total. The Morgan fingerprint density at radius 2 is 1.90 bits per heavy atom. The highest BCUT2D eigenvalue weighted by molar-refractivity contribution is 5.79. The van der Waals surface area contributed by atoms with Crippen LogP contribution in [0.2, 0.25) is 0 Å². The van der Waals surface area contributed by atoms with Crippen LogP contribution in [0.5, 0.6) is 5.75 Å². The van der Waals surface area contributed by atoms with E-state index in [9.17, 15) is 0 Å². The second kappa shape index (κ2) is 14.2. The number of benzene rings is 1. The first-order valence-electron chi connectivity index (χ1n) is 11.1. The van der Waals surface area contributed by atoms with Gasteiger partial charge in [0.25, 0.3) is 0 Å². The van der Waals surface area contributed by atoms with Crippen LogP contribution < -0.4 is 15.4 Å². The molecule has 7 nitrogen and oxygen atoms in total. The Kier molecular flexibility index (Phi) is 11.6. The zero-order valence-corrected chi connectivity index (χ0v) is 19.2. The zero-order valence-electron chi connectivity index (χ0n) is 19.2. The molecule has 30 heavy (non-hydrogen) atoms. The number of guanidine groups is 1. The molecule has 1 heterocycles. The molecular formula is C23H40N4O3. The molecule has 1 unspecified atom stereocenters. The second-order valence-electron chi connectivity index (χ2n) is 8.07. The predicted octanol–water partition coefficient (Wildman–Crippen LogP) is 2.51. The Morgan fingerprint density at radius 3 is 2.53 bits per heavy atom. The Hall–Kier alpha value is -1.83. The van der Waals surface area contributed by atoms with Gasteiger partial charge in [0.1, 0.15) is 5.75 Å². The minimum atomic E-state index is 0.500. The van der Waals surface area contributed by atoms with Crippen LogP contribution in [0, 0.1) is 5.92 Å². The number of methoxy groups -OCH3 is 1. The summed E-state index contributed by atoms with van der Waals surface area (Å²) in [5.74, 6) is 2.38. The van der Waals surface area contributed by atoms with Gasteiger partial charge in [-0.15, -0.1) is 0 Å². The Balaban J connectivity index is 1.63. The highest BCUT2D eigenvalue weighted by atomic mass is 16.5. The van der Waals surface area contributed by atoms with E-state index in [2.05, 4.69) is 34.4 Å². The summed E-state index contributed by atoms with van der Waals surface area (Å²) in [7, 11) is 3.50. The van der Waals surface area contributed by atoms with Gasteiger partial charge in [-0.3, -0.25) is 9.89 Å². The van der Waals surface area contributed by atoms with Crippen LogP contribution in [0.25, 0.3) is 0 Å². The van der Waals surface area contributed by atoms with E-state index in [4.69, 9.17) is 14.2 Å². The second-order valence-corrected chi connectivity index (χ2v) is 8.07. The number of ether oxygens (including phenoxy) is 3. The summed E-state index contributed by atoms with van der Waals surface area (Å²) in [5, 5.41) is 6.90. The van der Waals surface area contributed by atoms with Gasteiger partial charge in [-0.1, -0.05) is 26.0 Å². The minimum Gasteiger partial charge on any atom is -0.497 e. The van der Waals surface area contributed by atoms with Crippen LogP contribution in [-0.2, 0) is 16.1 Å². The number of hydrogen-bond donors (Lipinski definition) is 2. The molecule has 1 aliphatic heterocycles. The predicted molar refractivity (Wildman–Crippen MR) is 122 cm³/mol. The lowest BCUT2D eigenvalue weighted by molar-refractivity contribution is 0.0132. The van der Waals surface area contributed by atoms with Crippen molar-refractivity contribution >= 4 is 5.96 Å². The van der Waals surface area contributed by atoms with Gasteiger partial charge >= 0.3 is 0 Å². The molecule has 1 aromatic rings. The first-order chi connectivity index (χ1) is 14.6. The molecule has 1 saturated heterocycles. The number of aliphatic imine (C=N–C) groups is 1. The van der Waals surface area contributed by atoms with Gasteiger partial charge in [-0.25, -0.2) is 0 Å². The van der Waals surface area contributed by atoms with Gasteiger partial charge in [-0.05, 0) is 36.5 Å². The molecule has 0 aliphatic carbocycles. The molecule has 0 bridgehead atoms. The molecule has 1 aliphatic rings. The van der Waals surface area contributed by atoms with Gasteiger partial charge < -0.3 is 24.8 Å². The fourth-order valence-electron chi connectivity index (χ4n) is 3.58. The van der Waals surface area contributed by atoms with E-state index < -0.39 is 0 Å². The van der Waals surface area contributed by atoms with E-state index in [0.29, 0.717) is 25.2 Å². The summed E-state index contributed by atoms with van der Waals surface area (Å²) in [6, 6.07) is 8.48. The molecule has 0 spiro atoms. The molecule has 0 aromatic heterocycles. The lowest BCUT2D eigenvalue weighted by atomic mass is 10.0. The minimum absolute atomic E-state index is 0.500. The van der Waals surface area contributed by atoms with E-state index in [-0.39, 0.29) is 0 Å². The van der Waals surface area contributed by atoms with Crippen LogP contribution in [-0.4, -0.2) is 77.1 Å². The molecule has 1 fully saturated rings. The van der Waals surface area contributed by atoms with Gasteiger partial charge in [0.2, 0.25) is 0 Å². The van der Waals surface area contributed by atoms with Gasteiger partial charge in [0.15, 0.2) is 5.96 Å². The van der Waals surface area contributed by atoms with E-state index in [1.54, 1.807) is 7.11 Å². The first kappa shape index (κ1) is 24.4. The number of morpholine rings is 1. The van der Waals surface area contributed by atoms with E-state index in [1.165, 1.54) is 6.42 Å². The third kappa shape index (κ3) is 9.32. The lowest BCUT2D eigenvalue weighted by Crippen LogP contribution is -2.51. The van der Waals surface area contributed by atoms with Crippen LogP contribution in [0.15, 0.2) is 29.3 Å². The smallest absolute Gasteiger partial charge is 0.191 e. The van der Waals surface area contributed by atoms with E-state index in [0.717, 1.165) is 63.1 Å². The Bertz CT molecular complexity index is 601. The molecule has 0 radical (unpaired) electrons. The molecule has 0 amide bonds. The summed E-state index contributed by atoms with van der Waals surface area (Å²) < 4.78 is 16.5.